The maximum absolute atomic E-state index is 14.6. The first-order valence-electron chi connectivity index (χ1n) is 15.8. The average Bonchev–Trinajstić information content (AvgIpc) is 3.64. The molecule has 0 amide bonds. The van der Waals surface area contributed by atoms with E-state index in [1.165, 1.54) is 11.3 Å². The summed E-state index contributed by atoms with van der Waals surface area (Å²) in [6, 6.07) is 27.4. The Kier molecular flexibility index (Phi) is 9.38. The molecule has 0 radical (unpaired) electrons. The molecule has 0 saturated heterocycles. The minimum absolute atomic E-state index is 0.142. The van der Waals surface area contributed by atoms with Gasteiger partial charge in [-0.1, -0.05) is 89.1 Å². The normalized spacial score (nSPS) is 14.4. The summed E-state index contributed by atoms with van der Waals surface area (Å²) in [7, 11) is 3.11. The number of thiazole rings is 1. The van der Waals surface area contributed by atoms with E-state index >= 15 is 0 Å². The third-order valence-corrected chi connectivity index (χ3v) is 10.3. The van der Waals surface area contributed by atoms with Crippen LogP contribution in [-0.2, 0) is 16.1 Å². The lowest BCUT2D eigenvalue weighted by molar-refractivity contribution is -0.138. The number of aromatic nitrogens is 2. The lowest BCUT2D eigenvalue weighted by atomic mass is 9.92. The molecule has 50 heavy (non-hydrogen) atoms. The zero-order chi connectivity index (χ0) is 34.9. The number of benzene rings is 4. The minimum Gasteiger partial charge on any atom is -0.497 e. The third-order valence-electron chi connectivity index (χ3n) is 8.55. The molecular weight excluding hydrogens is 693 g/mol. The summed E-state index contributed by atoms with van der Waals surface area (Å²) >= 11 is 13.8. The molecule has 1 aliphatic rings. The molecule has 0 spiro atoms. The molecule has 2 aromatic heterocycles. The number of para-hydroxylation sites is 1. The lowest BCUT2D eigenvalue weighted by Crippen LogP contribution is -2.40. The van der Waals surface area contributed by atoms with Gasteiger partial charge in [-0.05, 0) is 55.0 Å². The molecule has 4 aromatic carbocycles. The van der Waals surface area contributed by atoms with Crippen LogP contribution in [0.2, 0.25) is 10.0 Å². The number of esters is 1. The zero-order valence-corrected chi connectivity index (χ0v) is 29.7. The molecule has 1 atom stereocenters. The maximum Gasteiger partial charge on any atom is 0.338 e. The number of fused-ring (bicyclic) bond motifs is 2. The Bertz CT molecular complexity index is 2480. The van der Waals surface area contributed by atoms with Gasteiger partial charge in [-0.15, -0.1) is 0 Å². The second kappa shape index (κ2) is 14.0. The molecule has 0 bridgehead atoms. The smallest absolute Gasteiger partial charge is 0.338 e. The van der Waals surface area contributed by atoms with Crippen LogP contribution < -0.4 is 24.4 Å². The molecule has 0 saturated carbocycles. The monoisotopic (exact) mass is 723 g/mol. The third kappa shape index (κ3) is 6.13. The van der Waals surface area contributed by atoms with Crippen LogP contribution in [0.5, 0.6) is 11.5 Å². The number of methoxy groups -OCH3 is 2. The molecule has 1 unspecified atom stereocenters. The number of hydrogen-bond acceptors (Lipinski definition) is 7. The van der Waals surface area contributed by atoms with Crippen molar-refractivity contribution in [3.05, 3.63) is 155 Å². The van der Waals surface area contributed by atoms with E-state index in [-0.39, 0.29) is 17.7 Å². The Hall–Kier alpha value is -5.09. The predicted molar refractivity (Wildman–Crippen MR) is 198 cm³/mol. The van der Waals surface area contributed by atoms with Gasteiger partial charge in [0.05, 0.1) is 46.7 Å². The van der Waals surface area contributed by atoms with Crippen molar-refractivity contribution in [1.82, 2.24) is 9.13 Å². The quantitative estimate of drug-likeness (QED) is 0.147. The largest absolute Gasteiger partial charge is 0.497 e. The van der Waals surface area contributed by atoms with E-state index in [9.17, 15) is 9.59 Å². The average molecular weight is 725 g/mol. The summed E-state index contributed by atoms with van der Waals surface area (Å²) in [4.78, 5) is 34.0. The summed E-state index contributed by atoms with van der Waals surface area (Å²) in [5.74, 6) is 0.440. The molecule has 0 N–H and O–H groups in total. The number of carbonyl (C=O) groups is 1. The van der Waals surface area contributed by atoms with Crippen LogP contribution >= 0.6 is 34.5 Å². The number of rotatable bonds is 9. The number of halogens is 2. The second-order valence-electron chi connectivity index (χ2n) is 11.5. The van der Waals surface area contributed by atoms with Gasteiger partial charge >= 0.3 is 5.97 Å². The van der Waals surface area contributed by atoms with Gasteiger partial charge in [0.25, 0.3) is 5.56 Å². The fraction of sp³-hybridized carbons (Fsp3) is 0.154. The SMILES string of the molecule is CCOC(=O)C1=C(c2ccccc2)N=c2s/c(=C\c3cn(Cc4ccc(Cl)c(Cl)c4)c4ccccc34)c(=O)n2C1c1cc(OC)ccc1OC. The van der Waals surface area contributed by atoms with E-state index in [1.54, 1.807) is 50.0 Å². The van der Waals surface area contributed by atoms with E-state index in [1.807, 2.05) is 79.0 Å². The summed E-state index contributed by atoms with van der Waals surface area (Å²) in [5.41, 5.74) is 4.44. The Morgan fingerprint density at radius 1 is 0.940 bits per heavy atom. The molecule has 3 heterocycles. The Morgan fingerprint density at radius 3 is 2.46 bits per heavy atom. The fourth-order valence-electron chi connectivity index (χ4n) is 6.28. The first kappa shape index (κ1) is 33.4. The van der Waals surface area contributed by atoms with E-state index < -0.39 is 12.0 Å². The highest BCUT2D eigenvalue weighted by Gasteiger charge is 2.37. The van der Waals surface area contributed by atoms with E-state index in [0.717, 1.165) is 22.0 Å². The Balaban J connectivity index is 1.47. The summed E-state index contributed by atoms with van der Waals surface area (Å²) in [5, 5.41) is 1.96. The highest BCUT2D eigenvalue weighted by molar-refractivity contribution is 7.07. The van der Waals surface area contributed by atoms with Crippen molar-refractivity contribution in [2.24, 2.45) is 4.99 Å². The van der Waals surface area contributed by atoms with Crippen molar-refractivity contribution in [3.8, 4) is 11.5 Å². The van der Waals surface area contributed by atoms with Gasteiger partial charge in [0, 0.05) is 40.3 Å². The summed E-state index contributed by atoms with van der Waals surface area (Å²) < 4.78 is 21.1. The first-order chi connectivity index (χ1) is 24.3. The van der Waals surface area contributed by atoms with Crippen LogP contribution in [0.15, 0.2) is 113 Å². The van der Waals surface area contributed by atoms with E-state index in [4.69, 9.17) is 42.4 Å². The van der Waals surface area contributed by atoms with Crippen molar-refractivity contribution in [2.75, 3.05) is 20.8 Å². The van der Waals surface area contributed by atoms with Gasteiger partial charge in [0.15, 0.2) is 4.80 Å². The van der Waals surface area contributed by atoms with Crippen LogP contribution in [0.25, 0.3) is 22.7 Å². The first-order valence-corrected chi connectivity index (χ1v) is 17.4. The Labute approximate surface area is 301 Å². The fourth-order valence-corrected chi connectivity index (χ4v) is 7.60. The molecule has 7 rings (SSSR count). The van der Waals surface area contributed by atoms with Gasteiger partial charge in [-0.2, -0.15) is 0 Å². The van der Waals surface area contributed by atoms with Crippen molar-refractivity contribution in [1.29, 1.82) is 0 Å². The molecule has 11 heteroatoms. The molecule has 1 aliphatic heterocycles. The van der Waals surface area contributed by atoms with Gasteiger partial charge in [0.1, 0.15) is 17.5 Å². The van der Waals surface area contributed by atoms with Crippen molar-refractivity contribution < 1.29 is 19.0 Å². The topological polar surface area (TPSA) is 84.1 Å². The molecular formula is C39H31Cl2N3O5S. The molecule has 8 nitrogen and oxygen atoms in total. The van der Waals surface area contributed by atoms with Crippen LogP contribution in [-0.4, -0.2) is 35.9 Å². The predicted octanol–water partition coefficient (Wildman–Crippen LogP) is 7.26. The van der Waals surface area contributed by atoms with Gasteiger partial charge in [-0.3, -0.25) is 9.36 Å². The Morgan fingerprint density at radius 2 is 1.72 bits per heavy atom. The molecule has 0 aliphatic carbocycles. The maximum atomic E-state index is 14.6. The standard InChI is InChI=1S/C39H31Cl2N3O5S/c1-4-49-38(46)34-35(24-10-6-5-7-11-24)42-39-44(36(34)28-20-26(47-2)15-17-32(28)48-3)37(45)33(50-39)19-25-22-43(31-13-9-8-12-27(25)31)21-23-14-16-29(40)30(41)18-23/h5-20,22,36H,4,21H2,1-3H3/b33-19-. The number of nitrogens with zero attached hydrogens (tertiary/aromatic N) is 3. The van der Waals surface area contributed by atoms with Crippen LogP contribution in [0.4, 0.5) is 0 Å². The minimum atomic E-state index is -0.927. The zero-order valence-electron chi connectivity index (χ0n) is 27.4. The van der Waals surface area contributed by atoms with E-state index in [2.05, 4.69) is 4.57 Å². The van der Waals surface area contributed by atoms with Crippen molar-refractivity contribution in [3.63, 3.8) is 0 Å². The highest BCUT2D eigenvalue weighted by Crippen LogP contribution is 2.40. The molecule has 252 valence electrons. The highest BCUT2D eigenvalue weighted by atomic mass is 35.5. The summed E-state index contributed by atoms with van der Waals surface area (Å²) in [6.45, 7) is 2.43. The molecule has 0 fully saturated rings. The second-order valence-corrected chi connectivity index (χ2v) is 13.3. The number of hydrogen-bond donors (Lipinski definition) is 0. The van der Waals surface area contributed by atoms with Crippen LogP contribution in [0.1, 0.15) is 35.2 Å². The summed E-state index contributed by atoms with van der Waals surface area (Å²) in [6.07, 6.45) is 3.90. The van der Waals surface area contributed by atoms with Gasteiger partial charge in [-0.25, -0.2) is 9.79 Å². The van der Waals surface area contributed by atoms with Crippen LogP contribution in [0.3, 0.4) is 0 Å². The lowest BCUT2D eigenvalue weighted by Gasteiger charge is -2.27. The van der Waals surface area contributed by atoms with Gasteiger partial charge in [0.2, 0.25) is 0 Å². The van der Waals surface area contributed by atoms with Crippen molar-refractivity contribution >= 4 is 63.2 Å². The number of ether oxygens (including phenoxy) is 3. The molecule has 6 aromatic rings. The van der Waals surface area contributed by atoms with Crippen molar-refractivity contribution in [2.45, 2.75) is 19.5 Å². The van der Waals surface area contributed by atoms with Gasteiger partial charge < -0.3 is 18.8 Å². The van der Waals surface area contributed by atoms with Crippen LogP contribution in [0, 0.1) is 0 Å². The number of carbonyl (C=O) groups excluding carboxylic acids is 1. The van der Waals surface area contributed by atoms with E-state index in [0.29, 0.717) is 54.2 Å².